The summed E-state index contributed by atoms with van der Waals surface area (Å²) in [7, 11) is 0. The van der Waals surface area contributed by atoms with Crippen molar-refractivity contribution in [2.24, 2.45) is 5.92 Å². The van der Waals surface area contributed by atoms with E-state index in [4.69, 9.17) is 4.74 Å². The summed E-state index contributed by atoms with van der Waals surface area (Å²) in [4.78, 5) is 40.4. The number of amides is 3. The molecule has 2 aliphatic heterocycles. The van der Waals surface area contributed by atoms with Gasteiger partial charge >= 0.3 is 6.09 Å². The number of nitrogens with one attached hydrogen (secondary N) is 1. The van der Waals surface area contributed by atoms with Crippen molar-refractivity contribution in [3.8, 4) is 0 Å². The Balaban J connectivity index is 1.53. The summed E-state index contributed by atoms with van der Waals surface area (Å²) in [5.74, 6) is -0.0425. The van der Waals surface area contributed by atoms with Crippen molar-refractivity contribution in [2.45, 2.75) is 52.0 Å². The third kappa shape index (κ3) is 5.08. The third-order valence-corrected chi connectivity index (χ3v) is 5.71. The maximum Gasteiger partial charge on any atom is 0.409 e. The number of likely N-dealkylation sites (tertiary alicyclic amines) is 1. The van der Waals surface area contributed by atoms with Crippen molar-refractivity contribution in [2.75, 3.05) is 31.1 Å². The van der Waals surface area contributed by atoms with Crippen LogP contribution in [0.5, 0.6) is 0 Å². The highest BCUT2D eigenvalue weighted by Gasteiger charge is 2.36. The van der Waals surface area contributed by atoms with Crippen LogP contribution in [-0.4, -0.2) is 55.1 Å². The van der Waals surface area contributed by atoms with Crippen LogP contribution in [0.2, 0.25) is 0 Å². The van der Waals surface area contributed by atoms with Crippen LogP contribution in [0.3, 0.4) is 0 Å². The molecule has 1 unspecified atom stereocenters. The number of anilines is 1. The highest BCUT2D eigenvalue weighted by atomic mass is 16.6. The third-order valence-electron chi connectivity index (χ3n) is 5.71. The summed E-state index contributed by atoms with van der Waals surface area (Å²) in [5, 5.41) is 3.08. The molecule has 0 bridgehead atoms. The molecule has 0 aliphatic carbocycles. The van der Waals surface area contributed by atoms with Crippen LogP contribution < -0.4 is 10.2 Å². The van der Waals surface area contributed by atoms with Gasteiger partial charge in [0.1, 0.15) is 0 Å². The molecule has 0 aromatic heterocycles. The molecule has 1 aromatic rings. The second-order valence-corrected chi connectivity index (χ2v) is 8.12. The molecule has 2 saturated heterocycles. The van der Waals surface area contributed by atoms with Gasteiger partial charge < -0.3 is 19.9 Å². The van der Waals surface area contributed by atoms with E-state index in [0.717, 1.165) is 5.69 Å². The van der Waals surface area contributed by atoms with Crippen molar-refractivity contribution in [1.82, 2.24) is 10.2 Å². The predicted octanol–water partition coefficient (Wildman–Crippen LogP) is 2.90. The fraction of sp³-hybridized carbons (Fsp3) is 0.591. The van der Waals surface area contributed by atoms with Gasteiger partial charge in [-0.25, -0.2) is 4.79 Å². The highest BCUT2D eigenvalue weighted by Crippen LogP contribution is 2.28. The fourth-order valence-electron chi connectivity index (χ4n) is 3.92. The van der Waals surface area contributed by atoms with Gasteiger partial charge in [-0.15, -0.1) is 0 Å². The van der Waals surface area contributed by atoms with Gasteiger partial charge in [-0.1, -0.05) is 26.0 Å². The van der Waals surface area contributed by atoms with Gasteiger partial charge in [-0.2, -0.15) is 0 Å². The molecule has 0 spiro atoms. The van der Waals surface area contributed by atoms with E-state index in [1.54, 1.807) is 16.7 Å². The van der Waals surface area contributed by atoms with E-state index in [2.05, 4.69) is 25.2 Å². The fourth-order valence-corrected chi connectivity index (χ4v) is 3.92. The molecule has 0 saturated carbocycles. The van der Waals surface area contributed by atoms with Crippen molar-refractivity contribution in [3.63, 3.8) is 0 Å². The zero-order valence-electron chi connectivity index (χ0n) is 17.5. The minimum Gasteiger partial charge on any atom is -0.450 e. The van der Waals surface area contributed by atoms with E-state index < -0.39 is 0 Å². The van der Waals surface area contributed by atoms with E-state index in [9.17, 15) is 14.4 Å². The largest absolute Gasteiger partial charge is 0.450 e. The zero-order valence-corrected chi connectivity index (χ0v) is 17.5. The van der Waals surface area contributed by atoms with Gasteiger partial charge in [0.2, 0.25) is 11.8 Å². The molecule has 2 fully saturated rings. The predicted molar refractivity (Wildman–Crippen MR) is 111 cm³/mol. The lowest BCUT2D eigenvalue weighted by atomic mass is 10.0. The van der Waals surface area contributed by atoms with Crippen LogP contribution in [0.1, 0.15) is 51.5 Å². The van der Waals surface area contributed by atoms with Crippen LogP contribution >= 0.6 is 0 Å². The van der Waals surface area contributed by atoms with Gasteiger partial charge in [0, 0.05) is 37.8 Å². The Morgan fingerprint density at radius 1 is 1.24 bits per heavy atom. The highest BCUT2D eigenvalue weighted by molar-refractivity contribution is 6.00. The lowest BCUT2D eigenvalue weighted by molar-refractivity contribution is -0.127. The Hall–Kier alpha value is -2.57. The Labute approximate surface area is 172 Å². The lowest BCUT2D eigenvalue weighted by Crippen LogP contribution is -2.48. The Bertz CT molecular complexity index is 756. The number of piperidine rings is 1. The van der Waals surface area contributed by atoms with Crippen molar-refractivity contribution in [3.05, 3.63) is 29.8 Å². The molecule has 3 rings (SSSR count). The average Bonchev–Trinajstić information content (AvgIpc) is 3.10. The normalized spacial score (nSPS) is 20.3. The summed E-state index contributed by atoms with van der Waals surface area (Å²) in [6.07, 6.45) is 1.34. The van der Waals surface area contributed by atoms with Crippen LogP contribution in [0, 0.1) is 5.92 Å². The Kier molecular flexibility index (Phi) is 6.77. The summed E-state index contributed by atoms with van der Waals surface area (Å²) in [5.41, 5.74) is 2.04. The molecule has 2 heterocycles. The Morgan fingerprint density at radius 2 is 1.97 bits per heavy atom. The van der Waals surface area contributed by atoms with E-state index in [1.165, 1.54) is 5.56 Å². The van der Waals surface area contributed by atoms with Gasteiger partial charge in [0.15, 0.2) is 0 Å². The topological polar surface area (TPSA) is 79.0 Å². The first-order chi connectivity index (χ1) is 13.9. The maximum atomic E-state index is 12.7. The number of rotatable bonds is 5. The maximum absolute atomic E-state index is 12.7. The standard InChI is InChI=1S/C22H31N3O4/c1-4-29-22(28)24-10-8-18(9-11-24)23-21(27)17-13-20(26)25(14-17)19-7-5-6-16(12-19)15(2)3/h5-7,12,15,17-18H,4,8-11,13-14H2,1-3H3,(H,23,27). The molecule has 7 nitrogen and oxygen atoms in total. The summed E-state index contributed by atoms with van der Waals surface area (Å²) < 4.78 is 5.02. The van der Waals surface area contributed by atoms with Crippen molar-refractivity contribution >= 4 is 23.6 Å². The van der Waals surface area contributed by atoms with Crippen LogP contribution in [0.25, 0.3) is 0 Å². The SMILES string of the molecule is CCOC(=O)N1CCC(NC(=O)C2CC(=O)N(c3cccc(C(C)C)c3)C2)CC1. The second-order valence-electron chi connectivity index (χ2n) is 8.12. The van der Waals surface area contributed by atoms with Crippen LogP contribution in [0.4, 0.5) is 10.5 Å². The molecule has 1 atom stereocenters. The van der Waals surface area contributed by atoms with E-state index >= 15 is 0 Å². The monoisotopic (exact) mass is 401 g/mol. The number of carbonyl (C=O) groups is 3. The number of hydrogen-bond acceptors (Lipinski definition) is 4. The number of carbonyl (C=O) groups excluding carboxylic acids is 3. The lowest BCUT2D eigenvalue weighted by Gasteiger charge is -2.32. The number of hydrogen-bond donors (Lipinski definition) is 1. The van der Waals surface area contributed by atoms with Crippen molar-refractivity contribution in [1.29, 1.82) is 0 Å². The quantitative estimate of drug-likeness (QED) is 0.823. The number of benzene rings is 1. The van der Waals surface area contributed by atoms with Gasteiger partial charge in [-0.3, -0.25) is 9.59 Å². The number of ether oxygens (including phenoxy) is 1. The van der Waals surface area contributed by atoms with Gasteiger partial charge in [0.25, 0.3) is 0 Å². The van der Waals surface area contributed by atoms with Crippen LogP contribution in [0.15, 0.2) is 24.3 Å². The smallest absolute Gasteiger partial charge is 0.409 e. The molecular weight excluding hydrogens is 370 g/mol. The average molecular weight is 402 g/mol. The van der Waals surface area contributed by atoms with Crippen LogP contribution in [-0.2, 0) is 14.3 Å². The Morgan fingerprint density at radius 3 is 2.62 bits per heavy atom. The summed E-state index contributed by atoms with van der Waals surface area (Å²) in [6.45, 7) is 7.94. The molecule has 2 aliphatic rings. The molecule has 158 valence electrons. The molecular formula is C22H31N3O4. The molecule has 0 radical (unpaired) electrons. The molecule has 3 amide bonds. The summed E-state index contributed by atoms with van der Waals surface area (Å²) in [6, 6.07) is 8.01. The molecule has 1 N–H and O–H groups in total. The van der Waals surface area contributed by atoms with E-state index in [0.29, 0.717) is 45.0 Å². The first kappa shape index (κ1) is 21.1. The first-order valence-corrected chi connectivity index (χ1v) is 10.5. The summed E-state index contributed by atoms with van der Waals surface area (Å²) >= 11 is 0. The molecule has 29 heavy (non-hydrogen) atoms. The first-order valence-electron chi connectivity index (χ1n) is 10.5. The molecule has 1 aromatic carbocycles. The second kappa shape index (κ2) is 9.29. The minimum absolute atomic E-state index is 0.0109. The van der Waals surface area contributed by atoms with E-state index in [-0.39, 0.29) is 36.3 Å². The van der Waals surface area contributed by atoms with Gasteiger partial charge in [0.05, 0.1) is 12.5 Å². The number of nitrogens with zero attached hydrogens (tertiary/aromatic N) is 2. The molecule has 7 heteroatoms. The van der Waals surface area contributed by atoms with Crippen molar-refractivity contribution < 1.29 is 19.1 Å². The zero-order chi connectivity index (χ0) is 21.0. The minimum atomic E-state index is -0.340. The van der Waals surface area contributed by atoms with E-state index in [1.807, 2.05) is 18.2 Å². The van der Waals surface area contributed by atoms with Gasteiger partial charge in [-0.05, 0) is 43.4 Å².